The summed E-state index contributed by atoms with van der Waals surface area (Å²) in [4.78, 5) is 13.7. The van der Waals surface area contributed by atoms with Gasteiger partial charge in [0.25, 0.3) is 0 Å². The summed E-state index contributed by atoms with van der Waals surface area (Å²) < 4.78 is 45.9. The van der Waals surface area contributed by atoms with E-state index in [2.05, 4.69) is 10.8 Å². The third-order valence-corrected chi connectivity index (χ3v) is 3.86. The largest absolute Gasteiger partial charge is 0.573 e. The minimum absolute atomic E-state index is 0.340. The van der Waals surface area contributed by atoms with Crippen molar-refractivity contribution in [3.05, 3.63) is 35.4 Å². The maximum absolute atomic E-state index is 12.2. The van der Waals surface area contributed by atoms with Gasteiger partial charge in [-0.25, -0.2) is 4.79 Å². The lowest BCUT2D eigenvalue weighted by Crippen LogP contribution is -2.40. The zero-order valence-corrected chi connectivity index (χ0v) is 15.4. The second-order valence-corrected chi connectivity index (χ2v) is 7.13. The Hall–Kier alpha value is -2.69. The highest BCUT2D eigenvalue weighted by molar-refractivity contribution is 5.80. The quantitative estimate of drug-likeness (QED) is 0.683. The fraction of sp³-hybridized carbons (Fsp3) is 0.474. The van der Waals surface area contributed by atoms with E-state index in [1.54, 1.807) is 25.7 Å². The Morgan fingerprint density at radius 1 is 1.11 bits per heavy atom. The lowest BCUT2D eigenvalue weighted by molar-refractivity contribution is -0.274. The highest BCUT2D eigenvalue weighted by atomic mass is 19.4. The summed E-state index contributed by atoms with van der Waals surface area (Å²) in [6.45, 7) is 6.22. The highest BCUT2D eigenvalue weighted by Crippen LogP contribution is 2.29. The Labute approximate surface area is 156 Å². The minimum atomic E-state index is -4.76. The van der Waals surface area contributed by atoms with Crippen molar-refractivity contribution >= 4 is 11.7 Å². The number of ether oxygens (including phenoxy) is 2. The van der Waals surface area contributed by atoms with E-state index < -0.39 is 18.1 Å². The molecule has 1 aliphatic heterocycles. The van der Waals surface area contributed by atoms with Crippen molar-refractivity contribution in [3.63, 3.8) is 0 Å². The number of nitriles is 1. The first kappa shape index (κ1) is 20.6. The fourth-order valence-corrected chi connectivity index (χ4v) is 2.71. The summed E-state index contributed by atoms with van der Waals surface area (Å²) in [5, 5.41) is 9.49. The number of carbonyl (C=O) groups excluding carboxylic acids is 1. The molecule has 0 aliphatic carbocycles. The molecule has 1 aromatic rings. The number of nitrogens with zero attached hydrogens (tertiary/aromatic N) is 2. The van der Waals surface area contributed by atoms with E-state index in [1.807, 2.05) is 0 Å². The van der Waals surface area contributed by atoms with Gasteiger partial charge in [-0.2, -0.15) is 5.26 Å². The van der Waals surface area contributed by atoms with Gasteiger partial charge in [0, 0.05) is 13.1 Å². The van der Waals surface area contributed by atoms with Crippen molar-refractivity contribution in [3.8, 4) is 11.8 Å². The Bertz CT molecular complexity index is 746. The second kappa shape index (κ2) is 7.91. The van der Waals surface area contributed by atoms with Gasteiger partial charge in [-0.3, -0.25) is 0 Å². The van der Waals surface area contributed by atoms with Crippen LogP contribution in [0.25, 0.3) is 5.57 Å². The molecule has 0 N–H and O–H groups in total. The van der Waals surface area contributed by atoms with Crippen molar-refractivity contribution in [2.45, 2.75) is 45.6 Å². The van der Waals surface area contributed by atoms with Crippen molar-refractivity contribution in [1.29, 1.82) is 5.26 Å². The number of hydrogen-bond donors (Lipinski definition) is 0. The van der Waals surface area contributed by atoms with Gasteiger partial charge < -0.3 is 14.4 Å². The number of allylic oxidation sites excluding steroid dienone is 1. The van der Waals surface area contributed by atoms with E-state index in [0.717, 1.165) is 5.57 Å². The van der Waals surface area contributed by atoms with Gasteiger partial charge in [0.05, 0.1) is 11.6 Å². The number of likely N-dealkylation sites (tertiary alicyclic amines) is 1. The summed E-state index contributed by atoms with van der Waals surface area (Å²) in [7, 11) is 0. The lowest BCUT2D eigenvalue weighted by Gasteiger charge is -2.31. The Kier molecular flexibility index (Phi) is 6.04. The van der Waals surface area contributed by atoms with Crippen molar-refractivity contribution in [2.24, 2.45) is 0 Å². The molecule has 0 saturated carbocycles. The number of amides is 1. The molecule has 0 radical (unpaired) electrons. The lowest BCUT2D eigenvalue weighted by atomic mass is 9.94. The molecule has 146 valence electrons. The van der Waals surface area contributed by atoms with Crippen LogP contribution in [-0.4, -0.2) is 36.0 Å². The molecule has 0 bridgehead atoms. The van der Waals surface area contributed by atoms with Crippen LogP contribution in [0.1, 0.15) is 39.2 Å². The monoisotopic (exact) mass is 382 g/mol. The predicted octanol–water partition coefficient (Wildman–Crippen LogP) is 4.89. The maximum Gasteiger partial charge on any atom is 0.573 e. The summed E-state index contributed by atoms with van der Waals surface area (Å²) in [5.74, 6) is -0.340. The van der Waals surface area contributed by atoms with Crippen LogP contribution < -0.4 is 4.74 Å². The van der Waals surface area contributed by atoms with E-state index in [1.165, 1.54) is 24.3 Å². The first-order valence-electron chi connectivity index (χ1n) is 8.45. The van der Waals surface area contributed by atoms with Crippen LogP contribution >= 0.6 is 0 Å². The standard InChI is InChI=1S/C19H21F3N2O3/c1-18(2,3)27-17(25)24-10-8-14(9-11-24)16(12-23)13-4-6-15(7-5-13)26-19(20,21)22/h4-7H,8-11H2,1-3H3. The van der Waals surface area contributed by atoms with Gasteiger partial charge in [-0.1, -0.05) is 0 Å². The van der Waals surface area contributed by atoms with E-state index >= 15 is 0 Å². The normalized spacial score (nSPS) is 15.1. The van der Waals surface area contributed by atoms with E-state index in [0.29, 0.717) is 37.1 Å². The van der Waals surface area contributed by atoms with Crippen LogP contribution in [0.5, 0.6) is 5.75 Å². The Morgan fingerprint density at radius 2 is 1.67 bits per heavy atom. The SMILES string of the molecule is CC(C)(C)OC(=O)N1CCC(=C(C#N)c2ccc(OC(F)(F)F)cc2)CC1. The molecule has 8 heteroatoms. The topological polar surface area (TPSA) is 62.6 Å². The summed E-state index contributed by atoms with van der Waals surface area (Å²) in [5.41, 5.74) is 1.22. The highest BCUT2D eigenvalue weighted by Gasteiger charge is 2.31. The molecule has 0 spiro atoms. The van der Waals surface area contributed by atoms with E-state index in [-0.39, 0.29) is 5.75 Å². The van der Waals surface area contributed by atoms with E-state index in [4.69, 9.17) is 4.74 Å². The van der Waals surface area contributed by atoms with Crippen molar-refractivity contribution in [1.82, 2.24) is 4.90 Å². The van der Waals surface area contributed by atoms with Gasteiger partial charge in [0.15, 0.2) is 0 Å². The average molecular weight is 382 g/mol. The molecule has 1 saturated heterocycles. The van der Waals surface area contributed by atoms with Crippen LogP contribution in [0.3, 0.4) is 0 Å². The molecule has 1 fully saturated rings. The molecular formula is C19H21F3N2O3. The molecular weight excluding hydrogens is 361 g/mol. The van der Waals surface area contributed by atoms with Crippen LogP contribution in [0.4, 0.5) is 18.0 Å². The molecule has 2 rings (SSSR count). The first-order chi connectivity index (χ1) is 12.5. The summed E-state index contributed by atoms with van der Waals surface area (Å²) in [6.07, 6.45) is -4.15. The van der Waals surface area contributed by atoms with Crippen LogP contribution in [0, 0.1) is 11.3 Å². The number of carbonyl (C=O) groups is 1. The van der Waals surface area contributed by atoms with E-state index in [9.17, 15) is 23.2 Å². The number of hydrogen-bond acceptors (Lipinski definition) is 4. The molecule has 1 aliphatic rings. The third kappa shape index (κ3) is 6.20. The van der Waals surface area contributed by atoms with Crippen LogP contribution in [0.15, 0.2) is 29.8 Å². The van der Waals surface area contributed by atoms with Crippen LogP contribution in [0.2, 0.25) is 0 Å². The molecule has 27 heavy (non-hydrogen) atoms. The zero-order valence-electron chi connectivity index (χ0n) is 15.4. The van der Waals surface area contributed by atoms with Gasteiger partial charge in [-0.15, -0.1) is 13.2 Å². The number of rotatable bonds is 2. The molecule has 5 nitrogen and oxygen atoms in total. The fourth-order valence-electron chi connectivity index (χ4n) is 2.71. The Balaban J connectivity index is 2.08. The predicted molar refractivity (Wildman–Crippen MR) is 92.7 cm³/mol. The maximum atomic E-state index is 12.2. The van der Waals surface area contributed by atoms with Crippen LogP contribution in [-0.2, 0) is 4.74 Å². The molecule has 0 atom stereocenters. The minimum Gasteiger partial charge on any atom is -0.444 e. The van der Waals surface area contributed by atoms with Gasteiger partial charge in [0.2, 0.25) is 0 Å². The molecule has 0 unspecified atom stereocenters. The second-order valence-electron chi connectivity index (χ2n) is 7.13. The molecule has 0 aromatic heterocycles. The summed E-state index contributed by atoms with van der Waals surface area (Å²) in [6, 6.07) is 7.32. The Morgan fingerprint density at radius 3 is 2.11 bits per heavy atom. The smallest absolute Gasteiger partial charge is 0.444 e. The average Bonchev–Trinajstić information content (AvgIpc) is 2.55. The number of benzene rings is 1. The molecule has 1 heterocycles. The number of halogens is 3. The molecule has 1 aromatic carbocycles. The van der Waals surface area contributed by atoms with Gasteiger partial charge in [-0.05, 0) is 69.0 Å². The third-order valence-electron chi connectivity index (χ3n) is 3.86. The number of piperidine rings is 1. The van der Waals surface area contributed by atoms with Gasteiger partial charge in [0.1, 0.15) is 11.4 Å². The number of alkyl halides is 3. The van der Waals surface area contributed by atoms with Crippen molar-refractivity contribution in [2.75, 3.05) is 13.1 Å². The first-order valence-corrected chi connectivity index (χ1v) is 8.45. The van der Waals surface area contributed by atoms with Crippen molar-refractivity contribution < 1.29 is 27.4 Å². The van der Waals surface area contributed by atoms with Gasteiger partial charge >= 0.3 is 12.5 Å². The molecule has 1 amide bonds. The summed E-state index contributed by atoms with van der Waals surface area (Å²) >= 11 is 0. The zero-order chi connectivity index (χ0) is 20.2.